The third-order valence-corrected chi connectivity index (χ3v) is 4.53. The number of aromatic nitrogens is 3. The van der Waals surface area contributed by atoms with Crippen LogP contribution in [0, 0.1) is 0 Å². The van der Waals surface area contributed by atoms with E-state index in [1.54, 1.807) is 11.6 Å². The van der Waals surface area contributed by atoms with E-state index in [0.717, 1.165) is 12.8 Å². The standard InChI is InChI=1S/C13H15F3N4S/c14-13(15,16)11-10-8(4-5-17)2-1-3-9(10)20(19-11)12-18-6-7-21-12/h6-8H,1-5,17H2. The molecule has 1 aliphatic carbocycles. The van der Waals surface area contributed by atoms with Gasteiger partial charge in [-0.2, -0.15) is 18.3 Å². The summed E-state index contributed by atoms with van der Waals surface area (Å²) in [6, 6.07) is 0. The van der Waals surface area contributed by atoms with Gasteiger partial charge in [0.05, 0.1) is 5.69 Å². The highest BCUT2D eigenvalue weighted by Crippen LogP contribution is 2.43. The van der Waals surface area contributed by atoms with Crippen LogP contribution in [-0.2, 0) is 12.6 Å². The molecule has 2 heterocycles. The summed E-state index contributed by atoms with van der Waals surface area (Å²) in [6.07, 6.45) is -0.139. The summed E-state index contributed by atoms with van der Waals surface area (Å²) in [5.41, 5.74) is 5.75. The molecule has 1 unspecified atom stereocenters. The van der Waals surface area contributed by atoms with Crippen molar-refractivity contribution in [1.29, 1.82) is 0 Å². The van der Waals surface area contributed by atoms with Gasteiger partial charge in [-0.15, -0.1) is 11.3 Å². The number of fused-ring (bicyclic) bond motifs is 1. The average Bonchev–Trinajstić information content (AvgIpc) is 3.05. The summed E-state index contributed by atoms with van der Waals surface area (Å²) >= 11 is 1.28. The Labute approximate surface area is 123 Å². The summed E-state index contributed by atoms with van der Waals surface area (Å²) in [6.45, 7) is 0.379. The molecule has 1 aliphatic rings. The number of hydrogen-bond acceptors (Lipinski definition) is 4. The minimum Gasteiger partial charge on any atom is -0.330 e. The fourth-order valence-electron chi connectivity index (χ4n) is 2.97. The zero-order chi connectivity index (χ0) is 15.0. The van der Waals surface area contributed by atoms with Crippen LogP contribution in [0.4, 0.5) is 13.2 Å². The van der Waals surface area contributed by atoms with Crippen LogP contribution in [-0.4, -0.2) is 21.3 Å². The van der Waals surface area contributed by atoms with Gasteiger partial charge in [0.1, 0.15) is 0 Å². The molecule has 0 fully saturated rings. The van der Waals surface area contributed by atoms with Gasteiger partial charge in [-0.3, -0.25) is 0 Å². The number of alkyl halides is 3. The van der Waals surface area contributed by atoms with E-state index >= 15 is 0 Å². The molecule has 0 radical (unpaired) electrons. The molecule has 2 aromatic rings. The van der Waals surface area contributed by atoms with Crippen molar-refractivity contribution in [3.8, 4) is 5.13 Å². The van der Waals surface area contributed by atoms with E-state index in [0.29, 0.717) is 35.8 Å². The quantitative estimate of drug-likeness (QED) is 0.946. The second-order valence-corrected chi connectivity index (χ2v) is 5.97. The molecule has 0 saturated carbocycles. The minimum atomic E-state index is -4.45. The van der Waals surface area contributed by atoms with E-state index in [1.165, 1.54) is 16.0 Å². The van der Waals surface area contributed by atoms with Crippen molar-refractivity contribution in [2.75, 3.05) is 6.54 Å². The molecule has 2 aromatic heterocycles. The first-order chi connectivity index (χ1) is 10.0. The summed E-state index contributed by atoms with van der Waals surface area (Å²) in [7, 11) is 0. The fourth-order valence-corrected chi connectivity index (χ4v) is 3.59. The Bertz CT molecular complexity index is 618. The first kappa shape index (κ1) is 14.5. The third-order valence-electron chi connectivity index (χ3n) is 3.78. The van der Waals surface area contributed by atoms with Gasteiger partial charge in [0.25, 0.3) is 0 Å². The van der Waals surface area contributed by atoms with Crippen molar-refractivity contribution < 1.29 is 13.2 Å². The molecule has 2 N–H and O–H groups in total. The van der Waals surface area contributed by atoms with Gasteiger partial charge in [0.2, 0.25) is 5.13 Å². The van der Waals surface area contributed by atoms with E-state index in [2.05, 4.69) is 10.1 Å². The monoisotopic (exact) mass is 316 g/mol. The molecule has 0 saturated heterocycles. The summed E-state index contributed by atoms with van der Waals surface area (Å²) in [4.78, 5) is 4.09. The van der Waals surface area contributed by atoms with Crippen molar-refractivity contribution in [3.05, 3.63) is 28.5 Å². The molecule has 8 heteroatoms. The molecule has 3 rings (SSSR count). The number of nitrogens with two attached hydrogens (primary N) is 1. The van der Waals surface area contributed by atoms with E-state index in [1.807, 2.05) is 0 Å². The number of hydrogen-bond donors (Lipinski definition) is 1. The maximum atomic E-state index is 13.3. The van der Waals surface area contributed by atoms with Gasteiger partial charge in [-0.05, 0) is 38.1 Å². The lowest BCUT2D eigenvalue weighted by Gasteiger charge is -2.23. The van der Waals surface area contributed by atoms with Crippen LogP contribution in [0.25, 0.3) is 5.13 Å². The summed E-state index contributed by atoms with van der Waals surface area (Å²) in [5.74, 6) is -0.163. The van der Waals surface area contributed by atoms with E-state index < -0.39 is 11.9 Å². The molecule has 0 aromatic carbocycles. The van der Waals surface area contributed by atoms with Gasteiger partial charge in [-0.1, -0.05) is 0 Å². The maximum absolute atomic E-state index is 13.3. The zero-order valence-corrected chi connectivity index (χ0v) is 12.0. The predicted molar refractivity (Wildman–Crippen MR) is 73.6 cm³/mol. The highest BCUT2D eigenvalue weighted by atomic mass is 32.1. The van der Waals surface area contributed by atoms with Crippen molar-refractivity contribution in [2.24, 2.45) is 5.73 Å². The van der Waals surface area contributed by atoms with E-state index in [9.17, 15) is 13.2 Å². The Balaban J connectivity index is 2.17. The maximum Gasteiger partial charge on any atom is 0.435 e. The molecule has 0 bridgehead atoms. The van der Waals surface area contributed by atoms with Crippen LogP contribution < -0.4 is 5.73 Å². The van der Waals surface area contributed by atoms with E-state index in [-0.39, 0.29) is 5.92 Å². The Kier molecular flexibility index (Phi) is 3.75. The first-order valence-electron chi connectivity index (χ1n) is 6.81. The molecule has 0 amide bonds. The van der Waals surface area contributed by atoms with Gasteiger partial charge in [0, 0.05) is 17.1 Å². The minimum absolute atomic E-state index is 0.163. The fraction of sp³-hybridized carbons (Fsp3) is 0.538. The van der Waals surface area contributed by atoms with Gasteiger partial charge in [0.15, 0.2) is 5.69 Å². The molecule has 4 nitrogen and oxygen atoms in total. The lowest BCUT2D eigenvalue weighted by Crippen LogP contribution is -2.18. The highest BCUT2D eigenvalue weighted by Gasteiger charge is 2.42. The largest absolute Gasteiger partial charge is 0.435 e. The molecule has 0 spiro atoms. The number of nitrogens with zero attached hydrogens (tertiary/aromatic N) is 3. The Morgan fingerprint density at radius 3 is 2.86 bits per heavy atom. The lowest BCUT2D eigenvalue weighted by atomic mass is 9.83. The number of rotatable bonds is 3. The molecular weight excluding hydrogens is 301 g/mol. The molecule has 1 atom stereocenters. The first-order valence-corrected chi connectivity index (χ1v) is 7.69. The van der Waals surface area contributed by atoms with Gasteiger partial charge < -0.3 is 5.73 Å². The van der Waals surface area contributed by atoms with Crippen molar-refractivity contribution in [1.82, 2.24) is 14.8 Å². The molecular formula is C13H15F3N4S. The highest BCUT2D eigenvalue weighted by molar-refractivity contribution is 7.12. The zero-order valence-electron chi connectivity index (χ0n) is 11.2. The lowest BCUT2D eigenvalue weighted by molar-refractivity contribution is -0.142. The van der Waals surface area contributed by atoms with Gasteiger partial charge in [-0.25, -0.2) is 9.67 Å². The van der Waals surface area contributed by atoms with Crippen molar-refractivity contribution >= 4 is 11.3 Å². The SMILES string of the molecule is NCCC1CCCc2c1c(C(F)(F)F)nn2-c1nccs1. The molecule has 0 aliphatic heterocycles. The van der Waals surface area contributed by atoms with Crippen LogP contribution in [0.5, 0.6) is 0 Å². The van der Waals surface area contributed by atoms with Crippen LogP contribution in [0.3, 0.4) is 0 Å². The van der Waals surface area contributed by atoms with Crippen molar-refractivity contribution in [3.63, 3.8) is 0 Å². The smallest absolute Gasteiger partial charge is 0.330 e. The van der Waals surface area contributed by atoms with Crippen molar-refractivity contribution in [2.45, 2.75) is 37.8 Å². The third kappa shape index (κ3) is 2.57. The van der Waals surface area contributed by atoms with Gasteiger partial charge >= 0.3 is 6.18 Å². The normalized spacial score (nSPS) is 18.8. The molecule has 114 valence electrons. The second-order valence-electron chi connectivity index (χ2n) is 5.10. The van der Waals surface area contributed by atoms with Crippen LogP contribution in [0.15, 0.2) is 11.6 Å². The van der Waals surface area contributed by atoms with E-state index in [4.69, 9.17) is 5.73 Å². The predicted octanol–water partition coefficient (Wildman–Crippen LogP) is 3.12. The Morgan fingerprint density at radius 1 is 1.43 bits per heavy atom. The average molecular weight is 316 g/mol. The summed E-state index contributed by atoms with van der Waals surface area (Å²) < 4.78 is 41.3. The van der Waals surface area contributed by atoms with Crippen LogP contribution in [0.2, 0.25) is 0 Å². The number of halogens is 3. The molecule has 21 heavy (non-hydrogen) atoms. The number of thiazole rings is 1. The summed E-state index contributed by atoms with van der Waals surface area (Å²) in [5, 5.41) is 6.05. The topological polar surface area (TPSA) is 56.7 Å². The van der Waals surface area contributed by atoms with Crippen LogP contribution in [0.1, 0.15) is 42.1 Å². The van der Waals surface area contributed by atoms with Crippen LogP contribution >= 0.6 is 11.3 Å². The Hall–Kier alpha value is -1.41. The second kappa shape index (κ2) is 5.42. The Morgan fingerprint density at radius 2 is 2.24 bits per heavy atom.